The lowest BCUT2D eigenvalue weighted by Crippen LogP contribution is -2.55. The fourth-order valence-corrected chi connectivity index (χ4v) is 7.86. The number of carbonyl (C=O) groups excluding carboxylic acids is 1. The van der Waals surface area contributed by atoms with E-state index in [0.717, 1.165) is 18.5 Å². The molecule has 5 rings (SSSR count). The molecule has 0 unspecified atom stereocenters. The Hall–Kier alpha value is -2.59. The Morgan fingerprint density at radius 2 is 1.86 bits per heavy atom. The number of carbonyl (C=O) groups is 1. The van der Waals surface area contributed by atoms with Crippen molar-refractivity contribution in [2.45, 2.75) is 36.7 Å². The summed E-state index contributed by atoms with van der Waals surface area (Å²) in [7, 11) is -3.60. The smallest absolute Gasteiger partial charge is 0.243 e. The van der Waals surface area contributed by atoms with Crippen LogP contribution in [-0.2, 0) is 21.2 Å². The third-order valence-electron chi connectivity index (χ3n) is 7.11. The van der Waals surface area contributed by atoms with Gasteiger partial charge in [-0.2, -0.15) is 4.31 Å². The molecular weight excluding hydrogens is 497 g/mol. The van der Waals surface area contributed by atoms with E-state index < -0.39 is 10.0 Å². The highest BCUT2D eigenvalue weighted by Gasteiger charge is 2.36. The van der Waals surface area contributed by atoms with Gasteiger partial charge in [0.25, 0.3) is 0 Å². The van der Waals surface area contributed by atoms with Crippen molar-refractivity contribution in [2.24, 2.45) is 0 Å². The van der Waals surface area contributed by atoms with E-state index in [-0.39, 0.29) is 35.2 Å². The molecule has 0 bridgehead atoms. The Labute approximate surface area is 216 Å². The number of halogens is 1. The van der Waals surface area contributed by atoms with Crippen LogP contribution in [0, 0.1) is 5.82 Å². The molecule has 3 heterocycles. The second-order valence-electron chi connectivity index (χ2n) is 9.41. The minimum absolute atomic E-state index is 0.0210. The van der Waals surface area contributed by atoms with Crippen LogP contribution in [0.1, 0.15) is 35.4 Å². The SMILES string of the molecule is C[C@@H]1CN(C(=O)CCN2CCc3sccc3[C@H]2c2cccc(F)c2)CCN1S(=O)(=O)c1ccccc1. The van der Waals surface area contributed by atoms with E-state index in [4.69, 9.17) is 0 Å². The summed E-state index contributed by atoms with van der Waals surface area (Å²) in [5.74, 6) is -0.240. The van der Waals surface area contributed by atoms with E-state index in [9.17, 15) is 17.6 Å². The molecule has 0 spiro atoms. The summed E-state index contributed by atoms with van der Waals surface area (Å²) in [6.45, 7) is 4.23. The van der Waals surface area contributed by atoms with Crippen LogP contribution in [-0.4, -0.2) is 67.2 Å². The number of sulfonamides is 1. The molecule has 0 N–H and O–H groups in total. The first kappa shape index (κ1) is 25.1. The highest BCUT2D eigenvalue weighted by molar-refractivity contribution is 7.89. The van der Waals surface area contributed by atoms with Gasteiger partial charge in [-0.05, 0) is 60.2 Å². The van der Waals surface area contributed by atoms with E-state index in [1.54, 1.807) is 58.7 Å². The summed E-state index contributed by atoms with van der Waals surface area (Å²) in [4.78, 5) is 18.8. The molecule has 2 atom stereocenters. The van der Waals surface area contributed by atoms with Crippen LogP contribution in [0.25, 0.3) is 0 Å². The number of rotatable bonds is 6. The molecular formula is C27H30FN3O3S2. The maximum absolute atomic E-state index is 14.0. The van der Waals surface area contributed by atoms with E-state index in [2.05, 4.69) is 16.3 Å². The van der Waals surface area contributed by atoms with E-state index in [0.29, 0.717) is 26.1 Å². The lowest BCUT2D eigenvalue weighted by Gasteiger charge is -2.40. The van der Waals surface area contributed by atoms with Crippen molar-refractivity contribution in [3.8, 4) is 0 Å². The fourth-order valence-electron chi connectivity index (χ4n) is 5.33. The first-order valence-corrected chi connectivity index (χ1v) is 14.6. The maximum Gasteiger partial charge on any atom is 0.243 e. The van der Waals surface area contributed by atoms with Crippen molar-refractivity contribution in [2.75, 3.05) is 32.7 Å². The molecule has 0 radical (unpaired) electrons. The number of fused-ring (bicyclic) bond motifs is 1. The molecule has 1 fully saturated rings. The van der Waals surface area contributed by atoms with Gasteiger partial charge in [-0.1, -0.05) is 30.3 Å². The minimum Gasteiger partial charge on any atom is -0.340 e. The van der Waals surface area contributed by atoms with Gasteiger partial charge in [0.05, 0.1) is 10.9 Å². The van der Waals surface area contributed by atoms with Gasteiger partial charge in [-0.3, -0.25) is 9.69 Å². The van der Waals surface area contributed by atoms with Gasteiger partial charge in [-0.25, -0.2) is 12.8 Å². The van der Waals surface area contributed by atoms with Crippen molar-refractivity contribution in [3.63, 3.8) is 0 Å². The number of thiophene rings is 1. The van der Waals surface area contributed by atoms with Crippen molar-refractivity contribution in [3.05, 3.63) is 87.9 Å². The summed E-state index contributed by atoms with van der Waals surface area (Å²) < 4.78 is 41.7. The van der Waals surface area contributed by atoms with E-state index >= 15 is 0 Å². The van der Waals surface area contributed by atoms with Gasteiger partial charge < -0.3 is 4.90 Å². The molecule has 1 saturated heterocycles. The average molecular weight is 528 g/mol. The lowest BCUT2D eigenvalue weighted by molar-refractivity contribution is -0.133. The minimum atomic E-state index is -3.60. The molecule has 0 saturated carbocycles. The zero-order chi connectivity index (χ0) is 25.3. The number of benzene rings is 2. The first-order valence-electron chi connectivity index (χ1n) is 12.2. The first-order chi connectivity index (χ1) is 17.3. The largest absolute Gasteiger partial charge is 0.340 e. The second kappa shape index (κ2) is 10.4. The Bertz CT molecular complexity index is 1330. The van der Waals surface area contributed by atoms with Gasteiger partial charge >= 0.3 is 0 Å². The fraction of sp³-hybridized carbons (Fsp3) is 0.370. The third-order valence-corrected chi connectivity index (χ3v) is 10.1. The van der Waals surface area contributed by atoms with Gasteiger partial charge in [0.15, 0.2) is 0 Å². The summed E-state index contributed by atoms with van der Waals surface area (Å²) in [5, 5.41) is 2.08. The average Bonchev–Trinajstić information content (AvgIpc) is 3.36. The predicted molar refractivity (Wildman–Crippen MR) is 139 cm³/mol. The summed E-state index contributed by atoms with van der Waals surface area (Å²) in [5.41, 5.74) is 2.09. The van der Waals surface area contributed by atoms with Gasteiger partial charge in [0.1, 0.15) is 5.82 Å². The molecule has 36 heavy (non-hydrogen) atoms. The number of amides is 1. The molecule has 2 aliphatic rings. The molecule has 6 nitrogen and oxygen atoms in total. The van der Waals surface area contributed by atoms with E-state index in [1.807, 2.05) is 13.0 Å². The molecule has 1 aromatic heterocycles. The zero-order valence-electron chi connectivity index (χ0n) is 20.2. The van der Waals surface area contributed by atoms with Crippen molar-refractivity contribution < 1.29 is 17.6 Å². The number of piperazine rings is 1. The monoisotopic (exact) mass is 527 g/mol. The van der Waals surface area contributed by atoms with Crippen LogP contribution in [0.15, 0.2) is 70.9 Å². The quantitative estimate of drug-likeness (QED) is 0.483. The lowest BCUT2D eigenvalue weighted by atomic mass is 9.93. The molecule has 1 amide bonds. The Kier molecular flexibility index (Phi) is 7.25. The highest BCUT2D eigenvalue weighted by Crippen LogP contribution is 2.38. The third kappa shape index (κ3) is 4.98. The Morgan fingerprint density at radius 1 is 1.06 bits per heavy atom. The number of nitrogens with zero attached hydrogens (tertiary/aromatic N) is 3. The molecule has 2 aliphatic heterocycles. The maximum atomic E-state index is 14.0. The molecule has 190 valence electrons. The molecule has 2 aromatic carbocycles. The van der Waals surface area contributed by atoms with Gasteiger partial charge in [0, 0.05) is 50.1 Å². The van der Waals surface area contributed by atoms with Crippen molar-refractivity contribution in [1.29, 1.82) is 0 Å². The van der Waals surface area contributed by atoms with Gasteiger partial charge in [0.2, 0.25) is 15.9 Å². The van der Waals surface area contributed by atoms with Crippen LogP contribution in [0.2, 0.25) is 0 Å². The summed E-state index contributed by atoms with van der Waals surface area (Å²) in [6, 6.07) is 16.9. The summed E-state index contributed by atoms with van der Waals surface area (Å²) >= 11 is 1.73. The van der Waals surface area contributed by atoms with Crippen LogP contribution in [0.4, 0.5) is 4.39 Å². The Balaban J connectivity index is 1.24. The van der Waals surface area contributed by atoms with Crippen molar-refractivity contribution in [1.82, 2.24) is 14.1 Å². The Morgan fingerprint density at radius 3 is 2.61 bits per heavy atom. The number of hydrogen-bond donors (Lipinski definition) is 0. The molecule has 0 aliphatic carbocycles. The van der Waals surface area contributed by atoms with Crippen LogP contribution in [0.5, 0.6) is 0 Å². The van der Waals surface area contributed by atoms with Crippen LogP contribution in [0.3, 0.4) is 0 Å². The van der Waals surface area contributed by atoms with Crippen molar-refractivity contribution >= 4 is 27.3 Å². The van der Waals surface area contributed by atoms with Gasteiger partial charge in [-0.15, -0.1) is 11.3 Å². The standard InChI is InChI=1S/C27H30FN3O3S2/c1-20-19-30(15-16-31(20)36(33,34)23-8-3-2-4-9-23)26(32)11-14-29-13-10-25-24(12-17-35-25)27(29)21-6-5-7-22(28)18-21/h2-9,12,17-18,20,27H,10-11,13-16,19H2,1H3/t20-,27-/m1/s1. The van der Waals surface area contributed by atoms with Crippen LogP contribution >= 0.6 is 11.3 Å². The van der Waals surface area contributed by atoms with E-state index in [1.165, 1.54) is 20.8 Å². The predicted octanol–water partition coefficient (Wildman–Crippen LogP) is 4.15. The summed E-state index contributed by atoms with van der Waals surface area (Å²) in [6.07, 6.45) is 1.25. The number of hydrogen-bond acceptors (Lipinski definition) is 5. The van der Waals surface area contributed by atoms with Crippen LogP contribution < -0.4 is 0 Å². The highest BCUT2D eigenvalue weighted by atomic mass is 32.2. The molecule has 9 heteroatoms. The normalized spacial score (nSPS) is 21.3. The second-order valence-corrected chi connectivity index (χ2v) is 12.3. The zero-order valence-corrected chi connectivity index (χ0v) is 21.8. The molecule has 3 aromatic rings. The topological polar surface area (TPSA) is 60.9 Å².